The van der Waals surface area contributed by atoms with Gasteiger partial charge in [-0.1, -0.05) is 43.2 Å². The molecule has 1 heterocycles. The van der Waals surface area contributed by atoms with Gasteiger partial charge in [-0.15, -0.1) is 0 Å². The molecule has 0 spiro atoms. The minimum absolute atomic E-state index is 0.0579. The second-order valence-corrected chi connectivity index (χ2v) is 7.10. The molecule has 1 aromatic carbocycles. The maximum absolute atomic E-state index is 12.3. The third kappa shape index (κ3) is 4.68. The molecule has 1 aliphatic heterocycles. The molecule has 0 bridgehead atoms. The van der Waals surface area contributed by atoms with E-state index in [-0.39, 0.29) is 49.6 Å². The third-order valence-corrected chi connectivity index (χ3v) is 5.31. The lowest BCUT2D eigenvalue weighted by Crippen LogP contribution is -2.44. The van der Waals surface area contributed by atoms with Gasteiger partial charge in [-0.2, -0.15) is 0 Å². The fourth-order valence-electron chi connectivity index (χ4n) is 3.92. The largest absolute Gasteiger partial charge is 0.353 e. The van der Waals surface area contributed by atoms with Gasteiger partial charge >= 0.3 is 0 Å². The first-order chi connectivity index (χ1) is 12.1. The Balaban J connectivity index is 1.51. The second kappa shape index (κ2) is 8.28. The van der Waals surface area contributed by atoms with Crippen molar-refractivity contribution in [1.29, 1.82) is 0 Å². The monoisotopic (exact) mass is 342 g/mol. The van der Waals surface area contributed by atoms with Crippen molar-refractivity contribution < 1.29 is 14.4 Å². The van der Waals surface area contributed by atoms with Gasteiger partial charge in [0.15, 0.2) is 0 Å². The molecule has 3 amide bonds. The van der Waals surface area contributed by atoms with E-state index in [1.54, 1.807) is 0 Å². The highest BCUT2D eigenvalue weighted by molar-refractivity contribution is 6.02. The van der Waals surface area contributed by atoms with Crippen LogP contribution in [0.3, 0.4) is 0 Å². The maximum Gasteiger partial charge on any atom is 0.229 e. The molecule has 2 aliphatic rings. The average Bonchev–Trinajstić information content (AvgIpc) is 2.94. The first-order valence-corrected chi connectivity index (χ1v) is 9.30. The van der Waals surface area contributed by atoms with E-state index >= 15 is 0 Å². The van der Waals surface area contributed by atoms with Gasteiger partial charge in [-0.3, -0.25) is 19.3 Å². The molecule has 5 nitrogen and oxygen atoms in total. The van der Waals surface area contributed by atoms with Gasteiger partial charge in [-0.25, -0.2) is 0 Å². The number of hydrogen-bond acceptors (Lipinski definition) is 3. The van der Waals surface area contributed by atoms with Crippen molar-refractivity contribution in [2.24, 2.45) is 5.92 Å². The molecule has 3 rings (SSSR count). The van der Waals surface area contributed by atoms with Crippen molar-refractivity contribution in [3.8, 4) is 0 Å². The van der Waals surface area contributed by atoms with Gasteiger partial charge < -0.3 is 5.32 Å². The molecule has 2 unspecified atom stereocenters. The van der Waals surface area contributed by atoms with E-state index in [2.05, 4.69) is 29.6 Å². The van der Waals surface area contributed by atoms with E-state index in [0.29, 0.717) is 5.92 Å². The Kier molecular flexibility index (Phi) is 5.84. The standard InChI is InChI=1S/C20H26N2O3/c23-18(12-13-22-19(24)10-11-20(22)25)21-17-9-5-4-8-16(17)14-15-6-2-1-3-7-15/h1-3,6-7,16-17H,4-5,8-14H2,(H,21,23). The van der Waals surface area contributed by atoms with Gasteiger partial charge in [0.05, 0.1) is 0 Å². The van der Waals surface area contributed by atoms with Gasteiger partial charge in [0.25, 0.3) is 0 Å². The predicted octanol–water partition coefficient (Wildman–Crippen LogP) is 2.44. The summed E-state index contributed by atoms with van der Waals surface area (Å²) in [5.74, 6) is 0.0856. The fraction of sp³-hybridized carbons (Fsp3) is 0.550. The van der Waals surface area contributed by atoms with Crippen molar-refractivity contribution in [3.05, 3.63) is 35.9 Å². The Bertz CT molecular complexity index is 613. The summed E-state index contributed by atoms with van der Waals surface area (Å²) in [5.41, 5.74) is 1.31. The summed E-state index contributed by atoms with van der Waals surface area (Å²) in [7, 11) is 0. The minimum atomic E-state index is -0.155. The van der Waals surface area contributed by atoms with Gasteiger partial charge in [0.2, 0.25) is 17.7 Å². The van der Waals surface area contributed by atoms with Crippen molar-refractivity contribution in [1.82, 2.24) is 10.2 Å². The molecule has 1 aliphatic carbocycles. The summed E-state index contributed by atoms with van der Waals surface area (Å²) in [6.07, 6.45) is 6.22. The number of amides is 3. The van der Waals surface area contributed by atoms with Crippen LogP contribution >= 0.6 is 0 Å². The Morgan fingerprint density at radius 1 is 1.04 bits per heavy atom. The Morgan fingerprint density at radius 2 is 1.72 bits per heavy atom. The van der Waals surface area contributed by atoms with Gasteiger partial charge in [-0.05, 0) is 30.7 Å². The SMILES string of the molecule is O=C(CCN1C(=O)CCC1=O)NC1CCCCC1Cc1ccccc1. The van der Waals surface area contributed by atoms with Gasteiger partial charge in [0.1, 0.15) is 0 Å². The molecule has 2 atom stereocenters. The van der Waals surface area contributed by atoms with Gasteiger partial charge in [0, 0.05) is 31.8 Å². The number of likely N-dealkylation sites (tertiary alicyclic amines) is 1. The number of benzene rings is 1. The van der Waals surface area contributed by atoms with E-state index in [1.807, 2.05) is 6.07 Å². The quantitative estimate of drug-likeness (QED) is 0.808. The highest BCUT2D eigenvalue weighted by atomic mass is 16.2. The number of nitrogens with zero attached hydrogens (tertiary/aromatic N) is 1. The summed E-state index contributed by atoms with van der Waals surface area (Å²) in [4.78, 5) is 36.8. The lowest BCUT2D eigenvalue weighted by atomic mass is 9.80. The number of imide groups is 1. The summed E-state index contributed by atoms with van der Waals surface area (Å²) < 4.78 is 0. The highest BCUT2D eigenvalue weighted by Gasteiger charge is 2.30. The lowest BCUT2D eigenvalue weighted by molar-refractivity contribution is -0.138. The Hall–Kier alpha value is -2.17. The summed E-state index contributed by atoms with van der Waals surface area (Å²) in [6, 6.07) is 10.6. The van der Waals surface area contributed by atoms with Crippen LogP contribution in [-0.2, 0) is 20.8 Å². The minimum Gasteiger partial charge on any atom is -0.353 e. The molecule has 1 N–H and O–H groups in total. The van der Waals surface area contributed by atoms with Crippen LogP contribution in [0.2, 0.25) is 0 Å². The predicted molar refractivity (Wildman–Crippen MR) is 94.6 cm³/mol. The number of hydrogen-bond donors (Lipinski definition) is 1. The molecular formula is C20H26N2O3. The van der Waals surface area contributed by atoms with Crippen LogP contribution in [0.15, 0.2) is 30.3 Å². The van der Waals surface area contributed by atoms with Crippen LogP contribution in [0.25, 0.3) is 0 Å². The molecule has 5 heteroatoms. The van der Waals surface area contributed by atoms with Crippen LogP contribution in [-0.4, -0.2) is 35.2 Å². The maximum atomic E-state index is 12.3. The average molecular weight is 342 g/mol. The fourth-order valence-corrected chi connectivity index (χ4v) is 3.92. The zero-order chi connectivity index (χ0) is 17.6. The van der Waals surface area contributed by atoms with Crippen LogP contribution in [0, 0.1) is 5.92 Å². The van der Waals surface area contributed by atoms with E-state index < -0.39 is 0 Å². The molecule has 134 valence electrons. The van der Waals surface area contributed by atoms with E-state index in [4.69, 9.17) is 0 Å². The molecule has 0 radical (unpaired) electrons. The molecule has 1 saturated heterocycles. The third-order valence-electron chi connectivity index (χ3n) is 5.31. The topological polar surface area (TPSA) is 66.5 Å². The molecule has 2 fully saturated rings. The lowest BCUT2D eigenvalue weighted by Gasteiger charge is -2.32. The summed E-state index contributed by atoms with van der Waals surface area (Å²) in [6.45, 7) is 0.208. The number of rotatable bonds is 6. The molecule has 25 heavy (non-hydrogen) atoms. The van der Waals surface area contributed by atoms with Crippen molar-refractivity contribution in [2.45, 2.75) is 57.4 Å². The zero-order valence-corrected chi connectivity index (χ0v) is 14.6. The van der Waals surface area contributed by atoms with Crippen LogP contribution in [0.1, 0.15) is 50.5 Å². The molecule has 0 aromatic heterocycles. The van der Waals surface area contributed by atoms with Crippen molar-refractivity contribution in [3.63, 3.8) is 0 Å². The molecular weight excluding hydrogens is 316 g/mol. The number of carbonyl (C=O) groups is 3. The van der Waals surface area contributed by atoms with Crippen LogP contribution < -0.4 is 5.32 Å². The summed E-state index contributed by atoms with van der Waals surface area (Å²) in [5, 5.41) is 3.15. The van der Waals surface area contributed by atoms with Crippen LogP contribution in [0.4, 0.5) is 0 Å². The smallest absolute Gasteiger partial charge is 0.229 e. The van der Waals surface area contributed by atoms with Crippen molar-refractivity contribution >= 4 is 17.7 Å². The van der Waals surface area contributed by atoms with Crippen LogP contribution in [0.5, 0.6) is 0 Å². The number of carbonyl (C=O) groups excluding carboxylic acids is 3. The highest BCUT2D eigenvalue weighted by Crippen LogP contribution is 2.27. The second-order valence-electron chi connectivity index (χ2n) is 7.10. The molecule has 1 saturated carbocycles. The van der Waals surface area contributed by atoms with E-state index in [1.165, 1.54) is 16.9 Å². The zero-order valence-electron chi connectivity index (χ0n) is 14.6. The van der Waals surface area contributed by atoms with E-state index in [0.717, 1.165) is 25.7 Å². The van der Waals surface area contributed by atoms with Crippen molar-refractivity contribution in [2.75, 3.05) is 6.54 Å². The Morgan fingerprint density at radius 3 is 2.44 bits per heavy atom. The summed E-state index contributed by atoms with van der Waals surface area (Å²) >= 11 is 0. The number of nitrogens with one attached hydrogen (secondary N) is 1. The first-order valence-electron chi connectivity index (χ1n) is 9.30. The first kappa shape index (κ1) is 17.6. The van der Waals surface area contributed by atoms with E-state index in [9.17, 15) is 14.4 Å². The Labute approximate surface area is 148 Å². The molecule has 1 aromatic rings. The normalized spacial score (nSPS) is 23.8.